The SMILES string of the molecule is C=Cc1ccccc1N(Cc1ccccc1CC)C(=O)CCC(=O)C(C)C. The van der Waals surface area contributed by atoms with Gasteiger partial charge >= 0.3 is 0 Å². The first-order valence-electron chi connectivity index (χ1n) is 9.59. The van der Waals surface area contributed by atoms with Crippen molar-refractivity contribution in [2.24, 2.45) is 5.92 Å². The highest BCUT2D eigenvalue weighted by Crippen LogP contribution is 2.26. The number of para-hydroxylation sites is 1. The summed E-state index contributed by atoms with van der Waals surface area (Å²) in [5.74, 6) is 0.0333. The molecule has 3 nitrogen and oxygen atoms in total. The molecule has 0 atom stereocenters. The van der Waals surface area contributed by atoms with E-state index in [1.807, 2.05) is 50.2 Å². The number of rotatable bonds is 9. The minimum Gasteiger partial charge on any atom is -0.307 e. The topological polar surface area (TPSA) is 37.4 Å². The molecule has 0 aliphatic heterocycles. The van der Waals surface area contributed by atoms with Crippen LogP contribution in [0.25, 0.3) is 6.08 Å². The fraction of sp³-hybridized carbons (Fsp3) is 0.333. The van der Waals surface area contributed by atoms with E-state index in [1.165, 1.54) is 5.56 Å². The van der Waals surface area contributed by atoms with Gasteiger partial charge in [0.25, 0.3) is 0 Å². The Morgan fingerprint density at radius 1 is 1.00 bits per heavy atom. The number of Topliss-reactive ketones (excluding diaryl/α,β-unsaturated/α-hetero) is 1. The van der Waals surface area contributed by atoms with Gasteiger partial charge in [-0.1, -0.05) is 75.9 Å². The molecule has 0 N–H and O–H groups in total. The molecule has 1 amide bonds. The zero-order chi connectivity index (χ0) is 19.8. The van der Waals surface area contributed by atoms with Crippen molar-refractivity contribution in [3.8, 4) is 0 Å². The third-order valence-electron chi connectivity index (χ3n) is 4.81. The van der Waals surface area contributed by atoms with Crippen molar-refractivity contribution in [3.05, 3.63) is 71.8 Å². The number of carbonyl (C=O) groups excluding carboxylic acids is 2. The number of benzene rings is 2. The van der Waals surface area contributed by atoms with Crippen LogP contribution < -0.4 is 4.90 Å². The van der Waals surface area contributed by atoms with Crippen LogP contribution in [0.4, 0.5) is 5.69 Å². The van der Waals surface area contributed by atoms with Gasteiger partial charge in [-0.2, -0.15) is 0 Å². The maximum atomic E-state index is 13.1. The zero-order valence-corrected chi connectivity index (χ0v) is 16.6. The fourth-order valence-corrected chi connectivity index (χ4v) is 3.09. The Bertz CT molecular complexity index is 808. The minimum absolute atomic E-state index is 0.0378. The Morgan fingerprint density at radius 3 is 2.26 bits per heavy atom. The minimum atomic E-state index is -0.0486. The maximum absolute atomic E-state index is 13.1. The highest BCUT2D eigenvalue weighted by molar-refractivity contribution is 5.97. The molecule has 2 rings (SSSR count). The van der Waals surface area contributed by atoms with Crippen molar-refractivity contribution in [2.45, 2.75) is 46.6 Å². The molecule has 0 fully saturated rings. The standard InChI is InChI=1S/C24H29NO2/c1-5-19-11-7-8-13-21(19)17-25(22-14-10-9-12-20(22)6-2)24(27)16-15-23(26)18(3)4/h6-14,18H,2,5,15-17H2,1,3-4H3. The number of ketones is 1. The highest BCUT2D eigenvalue weighted by atomic mass is 16.2. The van der Waals surface area contributed by atoms with Crippen molar-refractivity contribution >= 4 is 23.5 Å². The maximum Gasteiger partial charge on any atom is 0.227 e. The molecule has 0 unspecified atom stereocenters. The van der Waals surface area contributed by atoms with Gasteiger partial charge in [0.15, 0.2) is 0 Å². The Balaban J connectivity index is 2.35. The molecule has 2 aromatic rings. The number of carbonyl (C=O) groups is 2. The summed E-state index contributed by atoms with van der Waals surface area (Å²) >= 11 is 0. The van der Waals surface area contributed by atoms with Gasteiger partial charge in [0.2, 0.25) is 5.91 Å². The monoisotopic (exact) mass is 363 g/mol. The zero-order valence-electron chi connectivity index (χ0n) is 16.6. The van der Waals surface area contributed by atoms with Gasteiger partial charge in [-0.25, -0.2) is 0 Å². The van der Waals surface area contributed by atoms with Gasteiger partial charge in [0.1, 0.15) is 5.78 Å². The van der Waals surface area contributed by atoms with Gasteiger partial charge in [-0.15, -0.1) is 0 Å². The third-order valence-corrected chi connectivity index (χ3v) is 4.81. The second kappa shape index (κ2) is 9.86. The molecule has 3 heteroatoms. The first-order valence-corrected chi connectivity index (χ1v) is 9.59. The van der Waals surface area contributed by atoms with Crippen LogP contribution in [0.1, 0.15) is 50.3 Å². The Kier molecular flexibility index (Phi) is 7.54. The average Bonchev–Trinajstić information content (AvgIpc) is 2.70. The van der Waals surface area contributed by atoms with E-state index in [1.54, 1.807) is 11.0 Å². The number of aryl methyl sites for hydroxylation is 1. The lowest BCUT2D eigenvalue weighted by Gasteiger charge is -2.26. The molecule has 0 saturated heterocycles. The molecule has 27 heavy (non-hydrogen) atoms. The quantitative estimate of drug-likeness (QED) is 0.596. The van der Waals surface area contributed by atoms with E-state index >= 15 is 0 Å². The van der Waals surface area contributed by atoms with Crippen LogP contribution in [-0.4, -0.2) is 11.7 Å². The Hall–Kier alpha value is -2.68. The van der Waals surface area contributed by atoms with E-state index in [2.05, 4.69) is 25.6 Å². The summed E-state index contributed by atoms with van der Waals surface area (Å²) in [5.41, 5.74) is 4.10. The van der Waals surface area contributed by atoms with E-state index < -0.39 is 0 Å². The van der Waals surface area contributed by atoms with Gasteiger partial charge in [0.05, 0.1) is 12.2 Å². The second-order valence-electron chi connectivity index (χ2n) is 6.99. The summed E-state index contributed by atoms with van der Waals surface area (Å²) in [6, 6.07) is 15.9. The van der Waals surface area contributed by atoms with Crippen molar-refractivity contribution < 1.29 is 9.59 Å². The van der Waals surface area contributed by atoms with E-state index in [4.69, 9.17) is 0 Å². The molecule has 2 aromatic carbocycles. The summed E-state index contributed by atoms with van der Waals surface area (Å²) in [4.78, 5) is 26.9. The number of amides is 1. The number of anilines is 1. The number of hydrogen-bond acceptors (Lipinski definition) is 2. The van der Waals surface area contributed by atoms with E-state index in [9.17, 15) is 9.59 Å². The average molecular weight is 364 g/mol. The summed E-state index contributed by atoms with van der Waals surface area (Å²) in [5, 5.41) is 0. The largest absolute Gasteiger partial charge is 0.307 e. The molecule has 0 aliphatic carbocycles. The van der Waals surface area contributed by atoms with E-state index in [0.29, 0.717) is 6.54 Å². The molecule has 0 radical (unpaired) electrons. The van der Waals surface area contributed by atoms with Crippen molar-refractivity contribution in [3.63, 3.8) is 0 Å². The molecule has 142 valence electrons. The highest BCUT2D eigenvalue weighted by Gasteiger charge is 2.20. The molecule has 0 spiro atoms. The smallest absolute Gasteiger partial charge is 0.227 e. The summed E-state index contributed by atoms with van der Waals surface area (Å²) in [6.07, 6.45) is 3.17. The second-order valence-corrected chi connectivity index (χ2v) is 6.99. The predicted octanol–water partition coefficient (Wildman–Crippen LogP) is 5.43. The molecule has 0 heterocycles. The third kappa shape index (κ3) is 5.40. The summed E-state index contributed by atoms with van der Waals surface area (Å²) in [6.45, 7) is 10.2. The van der Waals surface area contributed by atoms with Crippen LogP contribution in [0.3, 0.4) is 0 Å². The molecule has 0 bridgehead atoms. The summed E-state index contributed by atoms with van der Waals surface area (Å²) < 4.78 is 0. The first kappa shape index (κ1) is 20.6. The molecular weight excluding hydrogens is 334 g/mol. The van der Waals surface area contributed by atoms with E-state index in [0.717, 1.165) is 23.2 Å². The van der Waals surface area contributed by atoms with Gasteiger partial charge in [0, 0.05) is 18.8 Å². The Labute approximate surface area is 162 Å². The predicted molar refractivity (Wildman–Crippen MR) is 113 cm³/mol. The Morgan fingerprint density at radius 2 is 1.63 bits per heavy atom. The van der Waals surface area contributed by atoms with Gasteiger partial charge in [-0.05, 0) is 29.2 Å². The van der Waals surface area contributed by atoms with Gasteiger partial charge in [-0.3, -0.25) is 9.59 Å². The molecule has 0 saturated carbocycles. The van der Waals surface area contributed by atoms with Crippen LogP contribution in [-0.2, 0) is 22.6 Å². The molecular formula is C24H29NO2. The summed E-state index contributed by atoms with van der Waals surface area (Å²) in [7, 11) is 0. The fourth-order valence-electron chi connectivity index (χ4n) is 3.09. The lowest BCUT2D eigenvalue weighted by molar-refractivity contribution is -0.125. The van der Waals surface area contributed by atoms with Crippen LogP contribution >= 0.6 is 0 Å². The van der Waals surface area contributed by atoms with Crippen LogP contribution in [0.15, 0.2) is 55.1 Å². The number of nitrogens with zero attached hydrogens (tertiary/aromatic N) is 1. The van der Waals surface area contributed by atoms with E-state index in [-0.39, 0.29) is 30.4 Å². The van der Waals surface area contributed by atoms with Crippen molar-refractivity contribution in [1.29, 1.82) is 0 Å². The molecule has 0 aromatic heterocycles. The van der Waals surface area contributed by atoms with Crippen molar-refractivity contribution in [2.75, 3.05) is 4.90 Å². The first-order chi connectivity index (χ1) is 13.0. The lowest BCUT2D eigenvalue weighted by atomic mass is 10.0. The van der Waals surface area contributed by atoms with Crippen LogP contribution in [0.2, 0.25) is 0 Å². The molecule has 0 aliphatic rings. The van der Waals surface area contributed by atoms with Crippen LogP contribution in [0.5, 0.6) is 0 Å². The normalized spacial score (nSPS) is 10.7. The number of hydrogen-bond donors (Lipinski definition) is 0. The lowest BCUT2D eigenvalue weighted by Crippen LogP contribution is -2.32. The van der Waals surface area contributed by atoms with Crippen molar-refractivity contribution in [1.82, 2.24) is 0 Å². The van der Waals surface area contributed by atoms with Gasteiger partial charge < -0.3 is 4.90 Å². The van der Waals surface area contributed by atoms with Crippen LogP contribution in [0, 0.1) is 5.92 Å².